The molecular weight excluding hydrogens is 346 g/mol. The van der Waals surface area contributed by atoms with E-state index in [9.17, 15) is 24.0 Å². The van der Waals surface area contributed by atoms with Crippen LogP contribution < -0.4 is 22.1 Å². The Morgan fingerprint density at radius 1 is 1.27 bits per heavy atom. The number of nitrogens with one attached hydrogen (secondary N) is 2. The van der Waals surface area contributed by atoms with Gasteiger partial charge in [0, 0.05) is 13.0 Å². The van der Waals surface area contributed by atoms with Crippen molar-refractivity contribution < 1.29 is 29.1 Å². The molecule has 1 rings (SSSR count). The van der Waals surface area contributed by atoms with Crippen LogP contribution in [-0.2, 0) is 24.0 Å². The van der Waals surface area contributed by atoms with Gasteiger partial charge in [0.25, 0.3) is 0 Å². The Morgan fingerprint density at radius 2 is 1.92 bits per heavy atom. The first-order valence-corrected chi connectivity index (χ1v) is 8.27. The third kappa shape index (κ3) is 6.31. The van der Waals surface area contributed by atoms with Crippen LogP contribution in [0.3, 0.4) is 0 Å². The van der Waals surface area contributed by atoms with E-state index in [1.54, 1.807) is 0 Å². The van der Waals surface area contributed by atoms with Gasteiger partial charge in [0.2, 0.25) is 23.6 Å². The van der Waals surface area contributed by atoms with Crippen LogP contribution in [0, 0.1) is 0 Å². The molecule has 1 saturated heterocycles. The third-order valence-electron chi connectivity index (χ3n) is 3.95. The second-order valence-corrected chi connectivity index (χ2v) is 6.16. The lowest BCUT2D eigenvalue weighted by molar-refractivity contribution is -0.141. The lowest BCUT2D eigenvalue weighted by Gasteiger charge is -2.27. The molecule has 1 heterocycles. The number of carbonyl (C=O) groups excluding carboxylic acids is 4. The summed E-state index contributed by atoms with van der Waals surface area (Å²) < 4.78 is 0. The van der Waals surface area contributed by atoms with Gasteiger partial charge in [-0.15, -0.1) is 0 Å². The van der Waals surface area contributed by atoms with Crippen LogP contribution >= 0.6 is 0 Å². The van der Waals surface area contributed by atoms with Gasteiger partial charge in [0.05, 0.1) is 6.04 Å². The van der Waals surface area contributed by atoms with Crippen molar-refractivity contribution in [3.63, 3.8) is 0 Å². The zero-order valence-electron chi connectivity index (χ0n) is 14.6. The van der Waals surface area contributed by atoms with Gasteiger partial charge < -0.3 is 32.1 Å². The van der Waals surface area contributed by atoms with Crippen molar-refractivity contribution in [2.75, 3.05) is 13.1 Å². The second-order valence-electron chi connectivity index (χ2n) is 6.16. The molecule has 7 N–H and O–H groups in total. The van der Waals surface area contributed by atoms with Crippen LogP contribution in [-0.4, -0.2) is 70.8 Å². The molecule has 1 fully saturated rings. The minimum absolute atomic E-state index is 0.0829. The van der Waals surface area contributed by atoms with Crippen LogP contribution in [0.1, 0.15) is 32.6 Å². The first-order chi connectivity index (χ1) is 12.1. The molecule has 1 aliphatic heterocycles. The van der Waals surface area contributed by atoms with Gasteiger partial charge in [-0.3, -0.25) is 24.0 Å². The van der Waals surface area contributed by atoms with E-state index >= 15 is 0 Å². The summed E-state index contributed by atoms with van der Waals surface area (Å²) in [5, 5.41) is 13.3. The fourth-order valence-electron chi connectivity index (χ4n) is 2.67. The van der Waals surface area contributed by atoms with Crippen LogP contribution in [0.4, 0.5) is 0 Å². The number of carboxylic acid groups (broad SMARTS) is 1. The summed E-state index contributed by atoms with van der Waals surface area (Å²) in [6.45, 7) is 1.28. The smallest absolute Gasteiger partial charge is 0.322 e. The Labute approximate surface area is 150 Å². The lowest BCUT2D eigenvalue weighted by Crippen LogP contribution is -2.55. The van der Waals surface area contributed by atoms with E-state index in [0.29, 0.717) is 19.4 Å². The molecule has 11 heteroatoms. The SMILES string of the molecule is CC(N)C(=O)N1CCCC1C(=O)NC(CCC(N)=O)C(=O)NCC(=O)O. The summed E-state index contributed by atoms with van der Waals surface area (Å²) >= 11 is 0. The zero-order chi connectivity index (χ0) is 19.9. The fraction of sp³-hybridized carbons (Fsp3) is 0.667. The number of nitrogens with zero attached hydrogens (tertiary/aromatic N) is 1. The van der Waals surface area contributed by atoms with E-state index in [2.05, 4.69) is 10.6 Å². The molecule has 0 aromatic carbocycles. The molecule has 4 amide bonds. The number of amides is 4. The highest BCUT2D eigenvalue weighted by Gasteiger charge is 2.36. The predicted molar refractivity (Wildman–Crippen MR) is 89.4 cm³/mol. The third-order valence-corrected chi connectivity index (χ3v) is 3.95. The summed E-state index contributed by atoms with van der Waals surface area (Å²) in [4.78, 5) is 59.6. The van der Waals surface area contributed by atoms with E-state index in [1.165, 1.54) is 11.8 Å². The zero-order valence-corrected chi connectivity index (χ0v) is 14.6. The van der Waals surface area contributed by atoms with Gasteiger partial charge in [-0.2, -0.15) is 0 Å². The summed E-state index contributed by atoms with van der Waals surface area (Å²) in [5.41, 5.74) is 10.6. The molecule has 3 atom stereocenters. The van der Waals surface area contributed by atoms with Crippen LogP contribution in [0.5, 0.6) is 0 Å². The van der Waals surface area contributed by atoms with Gasteiger partial charge in [-0.25, -0.2) is 0 Å². The highest BCUT2D eigenvalue weighted by atomic mass is 16.4. The van der Waals surface area contributed by atoms with Gasteiger partial charge in [0.15, 0.2) is 0 Å². The molecule has 0 aromatic rings. The van der Waals surface area contributed by atoms with E-state index in [-0.39, 0.29) is 18.7 Å². The van der Waals surface area contributed by atoms with Crippen molar-refractivity contribution in [3.8, 4) is 0 Å². The summed E-state index contributed by atoms with van der Waals surface area (Å²) in [6, 6.07) is -2.66. The Kier molecular flexibility index (Phi) is 7.97. The molecule has 0 spiro atoms. The van der Waals surface area contributed by atoms with Crippen molar-refractivity contribution in [2.24, 2.45) is 11.5 Å². The molecule has 0 aromatic heterocycles. The Bertz CT molecular complexity index is 579. The van der Waals surface area contributed by atoms with Gasteiger partial charge in [0.1, 0.15) is 18.6 Å². The topological polar surface area (TPSA) is 185 Å². The van der Waals surface area contributed by atoms with Crippen LogP contribution in [0.25, 0.3) is 0 Å². The maximum Gasteiger partial charge on any atom is 0.322 e. The van der Waals surface area contributed by atoms with E-state index in [0.717, 1.165) is 0 Å². The summed E-state index contributed by atoms with van der Waals surface area (Å²) in [7, 11) is 0. The largest absolute Gasteiger partial charge is 0.480 e. The van der Waals surface area contributed by atoms with Gasteiger partial charge in [-0.1, -0.05) is 0 Å². The average molecular weight is 371 g/mol. The normalized spacial score (nSPS) is 18.7. The molecule has 0 aliphatic carbocycles. The first-order valence-electron chi connectivity index (χ1n) is 8.27. The Morgan fingerprint density at radius 3 is 2.46 bits per heavy atom. The van der Waals surface area contributed by atoms with E-state index < -0.39 is 48.4 Å². The van der Waals surface area contributed by atoms with Gasteiger partial charge in [-0.05, 0) is 26.2 Å². The molecular formula is C15H25N5O6. The number of hydrogen-bond donors (Lipinski definition) is 5. The number of aliphatic carboxylic acids is 1. The number of hydrogen-bond acceptors (Lipinski definition) is 6. The van der Waals surface area contributed by atoms with Crippen molar-refractivity contribution in [1.29, 1.82) is 0 Å². The molecule has 146 valence electrons. The molecule has 0 bridgehead atoms. The van der Waals surface area contributed by atoms with E-state index in [1.807, 2.05) is 0 Å². The molecule has 1 aliphatic rings. The molecule has 11 nitrogen and oxygen atoms in total. The maximum atomic E-state index is 12.5. The number of carboxylic acids is 1. The molecule has 0 saturated carbocycles. The van der Waals surface area contributed by atoms with Gasteiger partial charge >= 0.3 is 5.97 Å². The van der Waals surface area contributed by atoms with Crippen molar-refractivity contribution in [3.05, 3.63) is 0 Å². The van der Waals surface area contributed by atoms with Crippen molar-refractivity contribution >= 4 is 29.6 Å². The Hall–Kier alpha value is -2.69. The average Bonchev–Trinajstić information content (AvgIpc) is 3.04. The maximum absolute atomic E-state index is 12.5. The van der Waals surface area contributed by atoms with Crippen molar-refractivity contribution in [2.45, 2.75) is 50.7 Å². The minimum atomic E-state index is -1.25. The highest BCUT2D eigenvalue weighted by Crippen LogP contribution is 2.18. The number of rotatable bonds is 9. The van der Waals surface area contributed by atoms with E-state index in [4.69, 9.17) is 16.6 Å². The highest BCUT2D eigenvalue weighted by molar-refractivity contribution is 5.94. The summed E-state index contributed by atoms with van der Waals surface area (Å²) in [5.74, 6) is -3.58. The monoisotopic (exact) mass is 371 g/mol. The quantitative estimate of drug-likeness (QED) is 0.291. The van der Waals surface area contributed by atoms with Crippen LogP contribution in [0.15, 0.2) is 0 Å². The van der Waals surface area contributed by atoms with Crippen LogP contribution in [0.2, 0.25) is 0 Å². The predicted octanol–water partition coefficient (Wildman–Crippen LogP) is -2.72. The lowest BCUT2D eigenvalue weighted by atomic mass is 10.1. The number of nitrogens with two attached hydrogens (primary N) is 2. The molecule has 0 radical (unpaired) electrons. The minimum Gasteiger partial charge on any atom is -0.480 e. The first kappa shape index (κ1) is 21.4. The molecule has 3 unspecified atom stereocenters. The van der Waals surface area contributed by atoms with Crippen molar-refractivity contribution in [1.82, 2.24) is 15.5 Å². The standard InChI is InChI=1S/C15H25N5O6/c1-8(16)15(26)20-6-2-3-10(20)14(25)19-9(4-5-11(17)21)13(24)18-7-12(22)23/h8-10H,2-7,16H2,1H3,(H2,17,21)(H,18,24)(H,19,25)(H,22,23). The number of carbonyl (C=O) groups is 5. The summed E-state index contributed by atoms with van der Waals surface area (Å²) in [6.07, 6.45) is 0.788. The second kappa shape index (κ2) is 9.70. The number of likely N-dealkylation sites (tertiary alicyclic amines) is 1. The fourth-order valence-corrected chi connectivity index (χ4v) is 2.67. The number of primary amides is 1. The Balaban J connectivity index is 2.79. The molecule has 26 heavy (non-hydrogen) atoms.